The van der Waals surface area contributed by atoms with Crippen molar-refractivity contribution >= 4 is 10.8 Å². The maximum Gasteiger partial charge on any atom is 0.395 e. The van der Waals surface area contributed by atoms with E-state index < -0.39 is 0 Å². The highest BCUT2D eigenvalue weighted by Crippen LogP contribution is 2.14. The molecule has 4 heteroatoms. The SMILES string of the molecule is O=c1[nH][nH+]c(O)c2ccccc12. The lowest BCUT2D eigenvalue weighted by Gasteiger charge is -1.91. The summed E-state index contributed by atoms with van der Waals surface area (Å²) in [5.74, 6) is -0.0230. The lowest BCUT2D eigenvalue weighted by molar-refractivity contribution is -0.467. The van der Waals surface area contributed by atoms with Gasteiger partial charge in [-0.1, -0.05) is 17.2 Å². The van der Waals surface area contributed by atoms with Crippen molar-refractivity contribution in [1.29, 1.82) is 0 Å². The lowest BCUT2D eigenvalue weighted by Crippen LogP contribution is -2.21. The van der Waals surface area contributed by atoms with Gasteiger partial charge in [0.15, 0.2) is 0 Å². The van der Waals surface area contributed by atoms with Crippen LogP contribution < -0.4 is 10.7 Å². The highest BCUT2D eigenvalue weighted by molar-refractivity contribution is 5.84. The molecule has 0 aliphatic rings. The first-order chi connectivity index (χ1) is 5.79. The molecule has 0 saturated heterocycles. The number of hydrogen-bond donors (Lipinski definition) is 2. The van der Waals surface area contributed by atoms with Crippen LogP contribution in [0.25, 0.3) is 10.8 Å². The summed E-state index contributed by atoms with van der Waals surface area (Å²) in [4.78, 5) is 11.1. The highest BCUT2D eigenvalue weighted by Gasteiger charge is 2.07. The molecule has 0 unspecified atom stereocenters. The Bertz CT molecular complexity index is 476. The number of nitrogens with one attached hydrogen (secondary N) is 2. The van der Waals surface area contributed by atoms with Crippen LogP contribution in [-0.2, 0) is 0 Å². The molecule has 0 radical (unpaired) electrons. The van der Waals surface area contributed by atoms with E-state index in [9.17, 15) is 9.90 Å². The zero-order chi connectivity index (χ0) is 8.55. The smallest absolute Gasteiger partial charge is 0.395 e. The van der Waals surface area contributed by atoms with Crippen LogP contribution in [0.4, 0.5) is 0 Å². The summed E-state index contributed by atoms with van der Waals surface area (Å²) >= 11 is 0. The Kier molecular flexibility index (Phi) is 1.33. The van der Waals surface area contributed by atoms with E-state index in [2.05, 4.69) is 10.2 Å². The summed E-state index contributed by atoms with van der Waals surface area (Å²) in [6.07, 6.45) is 0. The standard InChI is InChI=1S/C8H6N2O2/c11-7-5-3-1-2-4-6(5)8(12)10-9-7/h1-4H,(H,9,11)(H,10,12)/p+1. The molecule has 4 nitrogen and oxygen atoms in total. The van der Waals surface area contributed by atoms with Crippen LogP contribution in [0.3, 0.4) is 0 Å². The third-order valence-corrected chi connectivity index (χ3v) is 1.72. The van der Waals surface area contributed by atoms with Gasteiger partial charge in [0.2, 0.25) is 0 Å². The fraction of sp³-hybridized carbons (Fsp3) is 0. The minimum Gasteiger partial charge on any atom is -0.458 e. The van der Waals surface area contributed by atoms with Crippen LogP contribution in [0.5, 0.6) is 5.88 Å². The summed E-state index contributed by atoms with van der Waals surface area (Å²) in [6, 6.07) is 6.84. The van der Waals surface area contributed by atoms with Crippen LogP contribution >= 0.6 is 0 Å². The molecule has 0 bridgehead atoms. The first-order valence-corrected chi connectivity index (χ1v) is 3.51. The largest absolute Gasteiger partial charge is 0.458 e. The molecule has 3 N–H and O–H groups in total. The normalized spacial score (nSPS) is 10.3. The summed E-state index contributed by atoms with van der Waals surface area (Å²) in [5.41, 5.74) is -0.233. The van der Waals surface area contributed by atoms with E-state index in [1.807, 2.05) is 0 Å². The maximum absolute atomic E-state index is 11.1. The summed E-state index contributed by atoms with van der Waals surface area (Å²) < 4.78 is 0. The fourth-order valence-electron chi connectivity index (χ4n) is 1.14. The molecule has 1 aromatic heterocycles. The minimum absolute atomic E-state index is 0.0230. The zero-order valence-corrected chi connectivity index (χ0v) is 6.16. The molecule has 1 heterocycles. The Labute approximate surface area is 67.5 Å². The van der Waals surface area contributed by atoms with Gasteiger partial charge in [-0.25, -0.2) is 0 Å². The van der Waals surface area contributed by atoms with E-state index in [0.717, 1.165) is 0 Å². The fourth-order valence-corrected chi connectivity index (χ4v) is 1.14. The van der Waals surface area contributed by atoms with Gasteiger partial charge in [-0.2, -0.15) is 0 Å². The number of rotatable bonds is 0. The van der Waals surface area contributed by atoms with Crippen LogP contribution in [0.2, 0.25) is 0 Å². The predicted molar refractivity (Wildman–Crippen MR) is 42.8 cm³/mol. The zero-order valence-electron chi connectivity index (χ0n) is 6.16. The molecule has 12 heavy (non-hydrogen) atoms. The Morgan fingerprint density at radius 1 is 1.25 bits per heavy atom. The molecule has 2 rings (SSSR count). The van der Waals surface area contributed by atoms with E-state index in [0.29, 0.717) is 10.8 Å². The van der Waals surface area contributed by atoms with Gasteiger partial charge >= 0.3 is 11.4 Å². The van der Waals surface area contributed by atoms with Crippen molar-refractivity contribution in [2.75, 3.05) is 0 Å². The Hall–Kier alpha value is -1.84. The number of aromatic nitrogens is 2. The Morgan fingerprint density at radius 3 is 2.58 bits per heavy atom. The molecule has 0 saturated carbocycles. The van der Waals surface area contributed by atoms with Crippen LogP contribution in [-0.4, -0.2) is 10.2 Å². The van der Waals surface area contributed by atoms with Gasteiger partial charge in [-0.05, 0) is 12.1 Å². The topological polar surface area (TPSA) is 67.2 Å². The molecule has 0 aliphatic carbocycles. The van der Waals surface area contributed by atoms with Gasteiger partial charge in [0, 0.05) is 0 Å². The summed E-state index contributed by atoms with van der Waals surface area (Å²) in [5, 5.41) is 15.0. The molecule has 1 aromatic carbocycles. The van der Waals surface area contributed by atoms with Gasteiger partial charge in [0.25, 0.3) is 0 Å². The molecule has 0 fully saturated rings. The average Bonchev–Trinajstić information content (AvgIpc) is 2.12. The predicted octanol–water partition coefficient (Wildman–Crippen LogP) is 0.0478. The van der Waals surface area contributed by atoms with Gasteiger partial charge in [-0.15, -0.1) is 5.10 Å². The molecular formula is C8H7N2O2+. The number of aromatic hydroxyl groups is 1. The number of hydrogen-bond acceptors (Lipinski definition) is 2. The van der Waals surface area contributed by atoms with Crippen LogP contribution in [0.1, 0.15) is 0 Å². The number of aromatic amines is 2. The minimum atomic E-state index is -0.233. The molecule has 0 atom stereocenters. The molecular weight excluding hydrogens is 156 g/mol. The number of fused-ring (bicyclic) bond motifs is 1. The molecule has 0 aliphatic heterocycles. The van der Waals surface area contributed by atoms with Crippen molar-refractivity contribution in [3.63, 3.8) is 0 Å². The third-order valence-electron chi connectivity index (χ3n) is 1.72. The number of H-pyrrole nitrogens is 2. The quantitative estimate of drug-likeness (QED) is 0.576. The molecule has 0 amide bonds. The molecule has 0 spiro atoms. The second-order valence-corrected chi connectivity index (χ2v) is 2.47. The molecule has 60 valence electrons. The first-order valence-electron chi connectivity index (χ1n) is 3.51. The van der Waals surface area contributed by atoms with E-state index in [-0.39, 0.29) is 11.4 Å². The van der Waals surface area contributed by atoms with Crippen molar-refractivity contribution in [3.05, 3.63) is 34.6 Å². The Morgan fingerprint density at radius 2 is 1.92 bits per heavy atom. The van der Waals surface area contributed by atoms with E-state index in [1.165, 1.54) is 0 Å². The van der Waals surface area contributed by atoms with Crippen molar-refractivity contribution in [2.45, 2.75) is 0 Å². The van der Waals surface area contributed by atoms with Gasteiger partial charge in [0.05, 0.1) is 5.39 Å². The highest BCUT2D eigenvalue weighted by atomic mass is 16.3. The van der Waals surface area contributed by atoms with E-state index in [1.54, 1.807) is 24.3 Å². The van der Waals surface area contributed by atoms with Gasteiger partial charge in [0.1, 0.15) is 5.39 Å². The monoisotopic (exact) mass is 163 g/mol. The summed E-state index contributed by atoms with van der Waals surface area (Å²) in [6.45, 7) is 0. The maximum atomic E-state index is 11.1. The van der Waals surface area contributed by atoms with Crippen molar-refractivity contribution in [3.8, 4) is 5.88 Å². The van der Waals surface area contributed by atoms with E-state index >= 15 is 0 Å². The average molecular weight is 163 g/mol. The summed E-state index contributed by atoms with van der Waals surface area (Å²) in [7, 11) is 0. The first kappa shape index (κ1) is 6.84. The van der Waals surface area contributed by atoms with Gasteiger partial charge < -0.3 is 5.11 Å². The third kappa shape index (κ3) is 0.852. The van der Waals surface area contributed by atoms with E-state index in [4.69, 9.17) is 0 Å². The van der Waals surface area contributed by atoms with Crippen LogP contribution in [0, 0.1) is 0 Å². The van der Waals surface area contributed by atoms with Crippen molar-refractivity contribution in [2.24, 2.45) is 0 Å². The van der Waals surface area contributed by atoms with Crippen LogP contribution in [0.15, 0.2) is 29.1 Å². The number of benzene rings is 1. The second-order valence-electron chi connectivity index (χ2n) is 2.47. The second kappa shape index (κ2) is 2.34. The molecule has 2 aromatic rings. The Balaban J connectivity index is 3.05. The van der Waals surface area contributed by atoms with Gasteiger partial charge in [-0.3, -0.25) is 4.79 Å². The van der Waals surface area contributed by atoms with Crippen molar-refractivity contribution < 1.29 is 10.2 Å². The van der Waals surface area contributed by atoms with Crippen molar-refractivity contribution in [1.82, 2.24) is 5.10 Å². The lowest BCUT2D eigenvalue weighted by atomic mass is 10.2.